The molecule has 2 N–H and O–H groups in total. The monoisotopic (exact) mass is 165 g/mol. The van der Waals surface area contributed by atoms with Gasteiger partial charge in [-0.2, -0.15) is 0 Å². The predicted molar refractivity (Wildman–Crippen MR) is 40.0 cm³/mol. The van der Waals surface area contributed by atoms with Crippen LogP contribution in [0.15, 0.2) is 0 Å². The number of hydrogen-bond donors (Lipinski definition) is 1. The molecule has 1 saturated carbocycles. The zero-order valence-corrected chi connectivity index (χ0v) is 6.74. The summed E-state index contributed by atoms with van der Waals surface area (Å²) in [6, 6.07) is 0. The van der Waals surface area contributed by atoms with Crippen molar-refractivity contribution in [1.82, 2.24) is 0 Å². The van der Waals surface area contributed by atoms with E-state index in [1.165, 1.54) is 7.11 Å². The molecule has 1 aliphatic carbocycles. The van der Waals surface area contributed by atoms with Gasteiger partial charge in [-0.05, 0) is 12.8 Å². The Morgan fingerprint density at radius 2 is 2.20 bits per heavy atom. The third-order valence-electron chi connectivity index (χ3n) is 1.62. The van der Waals surface area contributed by atoms with E-state index in [9.17, 15) is 4.79 Å². The molecule has 0 bridgehead atoms. The largest absolute Gasteiger partial charge is 0.469 e. The molecule has 0 aromatic carbocycles. The van der Waals surface area contributed by atoms with Crippen LogP contribution in [-0.2, 0) is 9.53 Å². The molecule has 10 heavy (non-hydrogen) atoms. The van der Waals surface area contributed by atoms with Crippen molar-refractivity contribution < 1.29 is 9.53 Å². The van der Waals surface area contributed by atoms with Gasteiger partial charge >= 0.3 is 5.97 Å². The van der Waals surface area contributed by atoms with Crippen LogP contribution < -0.4 is 5.73 Å². The van der Waals surface area contributed by atoms with E-state index in [1.807, 2.05) is 0 Å². The summed E-state index contributed by atoms with van der Waals surface area (Å²) in [6.45, 7) is 0. The second-order valence-electron chi connectivity index (χ2n) is 2.62. The summed E-state index contributed by atoms with van der Waals surface area (Å²) >= 11 is 0. The molecule has 0 radical (unpaired) electrons. The molecule has 0 aliphatic heterocycles. The fourth-order valence-corrected chi connectivity index (χ4v) is 0.697. The summed E-state index contributed by atoms with van der Waals surface area (Å²) in [7, 11) is 1.38. The van der Waals surface area contributed by atoms with Crippen molar-refractivity contribution in [3.05, 3.63) is 0 Å². The Morgan fingerprint density at radius 1 is 1.70 bits per heavy atom. The number of carbonyl (C=O) groups is 1. The van der Waals surface area contributed by atoms with Crippen LogP contribution in [0.4, 0.5) is 0 Å². The van der Waals surface area contributed by atoms with E-state index in [2.05, 4.69) is 4.74 Å². The van der Waals surface area contributed by atoms with E-state index >= 15 is 0 Å². The summed E-state index contributed by atoms with van der Waals surface area (Å²) in [5, 5.41) is 0. The second kappa shape index (κ2) is 3.21. The molecule has 60 valence electrons. The molecule has 1 aliphatic rings. The van der Waals surface area contributed by atoms with Gasteiger partial charge in [-0.15, -0.1) is 12.4 Å². The van der Waals surface area contributed by atoms with Gasteiger partial charge in [-0.1, -0.05) is 0 Å². The van der Waals surface area contributed by atoms with Crippen molar-refractivity contribution in [2.45, 2.75) is 24.8 Å². The molecule has 0 aromatic heterocycles. The molecule has 0 heterocycles. The lowest BCUT2D eigenvalue weighted by atomic mass is 10.2. The number of halogens is 1. The van der Waals surface area contributed by atoms with Gasteiger partial charge in [0, 0.05) is 5.54 Å². The average Bonchev–Trinajstić information content (AvgIpc) is 2.48. The highest BCUT2D eigenvalue weighted by Gasteiger charge is 2.40. The Labute approximate surface area is 66.3 Å². The van der Waals surface area contributed by atoms with Gasteiger partial charge in [0.15, 0.2) is 0 Å². The van der Waals surface area contributed by atoms with Gasteiger partial charge in [0.1, 0.15) is 0 Å². The van der Waals surface area contributed by atoms with Crippen LogP contribution in [-0.4, -0.2) is 18.6 Å². The molecule has 0 saturated heterocycles. The smallest absolute Gasteiger partial charge is 0.307 e. The maximum atomic E-state index is 10.6. The van der Waals surface area contributed by atoms with Crippen LogP contribution in [0.25, 0.3) is 0 Å². The number of nitrogens with two attached hydrogens (primary N) is 1. The maximum Gasteiger partial charge on any atom is 0.307 e. The minimum Gasteiger partial charge on any atom is -0.469 e. The molecular weight excluding hydrogens is 154 g/mol. The van der Waals surface area contributed by atoms with E-state index in [-0.39, 0.29) is 23.9 Å². The van der Waals surface area contributed by atoms with Crippen molar-refractivity contribution in [3.8, 4) is 0 Å². The van der Waals surface area contributed by atoms with Crippen LogP contribution in [0.1, 0.15) is 19.3 Å². The zero-order valence-electron chi connectivity index (χ0n) is 5.92. The van der Waals surface area contributed by atoms with E-state index in [0.717, 1.165) is 12.8 Å². The molecular formula is C6H12ClNO2. The fraction of sp³-hybridized carbons (Fsp3) is 0.833. The highest BCUT2D eigenvalue weighted by molar-refractivity contribution is 5.85. The van der Waals surface area contributed by atoms with E-state index in [0.29, 0.717) is 6.42 Å². The predicted octanol–water partition coefficient (Wildman–Crippen LogP) is 0.463. The summed E-state index contributed by atoms with van der Waals surface area (Å²) < 4.78 is 4.45. The lowest BCUT2D eigenvalue weighted by Crippen LogP contribution is -2.25. The molecule has 0 atom stereocenters. The molecule has 1 fully saturated rings. The Morgan fingerprint density at radius 3 is 2.50 bits per heavy atom. The van der Waals surface area contributed by atoms with Gasteiger partial charge in [-0.3, -0.25) is 4.79 Å². The molecule has 1 rings (SSSR count). The van der Waals surface area contributed by atoms with E-state index in [4.69, 9.17) is 5.73 Å². The minimum absolute atomic E-state index is 0. The minimum atomic E-state index is -0.201. The van der Waals surface area contributed by atoms with Gasteiger partial charge < -0.3 is 10.5 Å². The van der Waals surface area contributed by atoms with Crippen molar-refractivity contribution in [1.29, 1.82) is 0 Å². The van der Waals surface area contributed by atoms with Crippen molar-refractivity contribution in [2.75, 3.05) is 7.11 Å². The normalized spacial score (nSPS) is 19.0. The lowest BCUT2D eigenvalue weighted by Gasteiger charge is -2.04. The third kappa shape index (κ3) is 2.54. The number of carbonyl (C=O) groups excluding carboxylic acids is 1. The van der Waals surface area contributed by atoms with Gasteiger partial charge in [-0.25, -0.2) is 0 Å². The highest BCUT2D eigenvalue weighted by Crippen LogP contribution is 2.35. The molecule has 0 aromatic rings. The first kappa shape index (κ1) is 9.72. The second-order valence-corrected chi connectivity index (χ2v) is 2.62. The Hall–Kier alpha value is -0.280. The number of hydrogen-bond acceptors (Lipinski definition) is 3. The number of ether oxygens (including phenoxy) is 1. The fourth-order valence-electron chi connectivity index (χ4n) is 0.697. The first-order valence-electron chi connectivity index (χ1n) is 3.02. The van der Waals surface area contributed by atoms with Gasteiger partial charge in [0.25, 0.3) is 0 Å². The molecule has 0 amide bonds. The van der Waals surface area contributed by atoms with Crippen molar-refractivity contribution in [2.24, 2.45) is 5.73 Å². The zero-order chi connectivity index (χ0) is 6.91. The first-order chi connectivity index (χ1) is 4.16. The lowest BCUT2D eigenvalue weighted by molar-refractivity contribution is -0.141. The maximum absolute atomic E-state index is 10.6. The summed E-state index contributed by atoms with van der Waals surface area (Å²) in [5.41, 5.74) is 5.42. The quantitative estimate of drug-likeness (QED) is 0.605. The highest BCUT2D eigenvalue weighted by atomic mass is 35.5. The van der Waals surface area contributed by atoms with Crippen LogP contribution >= 0.6 is 12.4 Å². The number of esters is 1. The summed E-state index contributed by atoms with van der Waals surface area (Å²) in [4.78, 5) is 10.6. The van der Waals surface area contributed by atoms with Crippen LogP contribution in [0.5, 0.6) is 0 Å². The first-order valence-corrected chi connectivity index (χ1v) is 3.02. The average molecular weight is 166 g/mol. The molecule has 0 unspecified atom stereocenters. The SMILES string of the molecule is COC(=O)CC1(N)CC1.Cl. The van der Waals surface area contributed by atoms with Crippen molar-refractivity contribution >= 4 is 18.4 Å². The van der Waals surface area contributed by atoms with Crippen LogP contribution in [0, 0.1) is 0 Å². The summed E-state index contributed by atoms with van der Waals surface area (Å²) in [5.74, 6) is -0.199. The van der Waals surface area contributed by atoms with Crippen molar-refractivity contribution in [3.63, 3.8) is 0 Å². The van der Waals surface area contributed by atoms with E-state index in [1.54, 1.807) is 0 Å². The topological polar surface area (TPSA) is 52.3 Å². The molecule has 3 nitrogen and oxygen atoms in total. The van der Waals surface area contributed by atoms with Gasteiger partial charge in [0.05, 0.1) is 13.5 Å². The Balaban J connectivity index is 0.000000810. The number of rotatable bonds is 2. The number of methoxy groups -OCH3 is 1. The Bertz CT molecular complexity index is 134. The molecule has 0 spiro atoms. The Kier molecular flexibility index (Phi) is 3.12. The summed E-state index contributed by atoms with van der Waals surface area (Å²) in [6.07, 6.45) is 2.30. The van der Waals surface area contributed by atoms with E-state index < -0.39 is 0 Å². The van der Waals surface area contributed by atoms with Crippen LogP contribution in [0.3, 0.4) is 0 Å². The standard InChI is InChI=1S/C6H11NO2.ClH/c1-9-5(8)4-6(7)2-3-6;/h2-4,7H2,1H3;1H. The third-order valence-corrected chi connectivity index (χ3v) is 1.62. The molecule has 4 heteroatoms. The van der Waals surface area contributed by atoms with Crippen LogP contribution in [0.2, 0.25) is 0 Å². The van der Waals surface area contributed by atoms with Gasteiger partial charge in [0.2, 0.25) is 0 Å².